The van der Waals surface area contributed by atoms with Crippen molar-refractivity contribution in [2.24, 2.45) is 5.41 Å². The lowest BCUT2D eigenvalue weighted by Crippen LogP contribution is -2.41. The Morgan fingerprint density at radius 1 is 0.667 bits per heavy atom. The Bertz CT molecular complexity index is 806. The number of hydrogen-bond donors (Lipinski definition) is 0. The lowest BCUT2D eigenvalue weighted by molar-refractivity contribution is -0.128. The quantitative estimate of drug-likeness (QED) is 0.718. The highest BCUT2D eigenvalue weighted by atomic mass is 16.2. The number of anilines is 2. The Kier molecular flexibility index (Phi) is 4.10. The molecule has 2 fully saturated rings. The summed E-state index contributed by atoms with van der Waals surface area (Å²) in [6.07, 6.45) is 1.29. The van der Waals surface area contributed by atoms with Gasteiger partial charge in [0, 0.05) is 0 Å². The van der Waals surface area contributed by atoms with Crippen molar-refractivity contribution in [2.45, 2.75) is 52.4 Å². The van der Waals surface area contributed by atoms with Gasteiger partial charge in [0.05, 0.1) is 11.4 Å². The van der Waals surface area contributed by atoms with Crippen LogP contribution in [0, 0.1) is 5.41 Å². The van der Waals surface area contributed by atoms with Crippen LogP contribution < -0.4 is 10.0 Å². The van der Waals surface area contributed by atoms with Gasteiger partial charge in [-0.05, 0) is 60.1 Å². The minimum absolute atomic E-state index is 0.0993. The van der Waals surface area contributed by atoms with Gasteiger partial charge in [-0.25, -0.2) is 10.0 Å². The van der Waals surface area contributed by atoms with Crippen molar-refractivity contribution in [3.8, 4) is 0 Å². The molecule has 0 atom stereocenters. The number of rotatable bonds is 4. The molecular formula is C23H26N2O2. The summed E-state index contributed by atoms with van der Waals surface area (Å²) in [5, 5.41) is 3.15. The maximum Gasteiger partial charge on any atom is 0.261 e. The fourth-order valence-electron chi connectivity index (χ4n) is 3.70. The van der Waals surface area contributed by atoms with Crippen molar-refractivity contribution in [1.29, 1.82) is 0 Å². The fourth-order valence-corrected chi connectivity index (χ4v) is 3.70. The summed E-state index contributed by atoms with van der Waals surface area (Å²) in [5.41, 5.74) is 3.08. The Hall–Kier alpha value is -2.62. The van der Waals surface area contributed by atoms with Gasteiger partial charge in [-0.15, -0.1) is 0 Å². The Morgan fingerprint density at radius 3 is 1.26 bits per heavy atom. The van der Waals surface area contributed by atoms with Crippen molar-refractivity contribution in [3.63, 3.8) is 0 Å². The van der Waals surface area contributed by atoms with Crippen molar-refractivity contribution >= 4 is 23.2 Å². The second-order valence-electron chi connectivity index (χ2n) is 8.31. The van der Waals surface area contributed by atoms with Gasteiger partial charge >= 0.3 is 0 Å². The molecule has 2 aromatic carbocycles. The van der Waals surface area contributed by atoms with E-state index in [0.29, 0.717) is 24.7 Å². The molecule has 0 N–H and O–H groups in total. The Balaban J connectivity index is 1.75. The molecule has 1 saturated carbocycles. The normalized spacial score (nSPS) is 18.3. The molecule has 2 aromatic rings. The third kappa shape index (κ3) is 2.75. The van der Waals surface area contributed by atoms with Gasteiger partial charge in [-0.3, -0.25) is 9.59 Å². The van der Waals surface area contributed by atoms with Crippen LogP contribution in [0.3, 0.4) is 0 Å². The van der Waals surface area contributed by atoms with Gasteiger partial charge in [0.1, 0.15) is 5.41 Å². The average molecular weight is 362 g/mol. The zero-order valence-electron chi connectivity index (χ0n) is 16.4. The van der Waals surface area contributed by atoms with Crippen molar-refractivity contribution < 1.29 is 9.59 Å². The standard InChI is InChI=1S/C23H26N2O2/c1-15(2)17-5-9-19(10-6-17)24-21(26)23(13-14-23)22(27)25(24)20-11-7-18(8-12-20)16(3)4/h5-12,15-16H,13-14H2,1-4H3. The lowest BCUT2D eigenvalue weighted by Gasteiger charge is -2.28. The number of carbonyl (C=O) groups is 2. The van der Waals surface area contributed by atoms with Gasteiger partial charge in [0.15, 0.2) is 0 Å². The summed E-state index contributed by atoms with van der Waals surface area (Å²) in [6.45, 7) is 8.56. The highest BCUT2D eigenvalue weighted by molar-refractivity contribution is 6.27. The number of hydrazine groups is 1. The molecule has 0 radical (unpaired) electrons. The van der Waals surface area contributed by atoms with E-state index in [1.165, 1.54) is 11.1 Å². The summed E-state index contributed by atoms with van der Waals surface area (Å²) >= 11 is 0. The van der Waals surface area contributed by atoms with E-state index in [0.717, 1.165) is 11.4 Å². The van der Waals surface area contributed by atoms with E-state index in [1.54, 1.807) is 10.0 Å². The van der Waals surface area contributed by atoms with E-state index in [1.807, 2.05) is 48.5 Å². The maximum atomic E-state index is 13.1. The van der Waals surface area contributed by atoms with E-state index >= 15 is 0 Å². The first-order chi connectivity index (χ1) is 12.8. The smallest absolute Gasteiger partial charge is 0.261 e. The predicted molar refractivity (Wildman–Crippen MR) is 108 cm³/mol. The lowest BCUT2D eigenvalue weighted by atomic mass is 10.0. The Morgan fingerprint density at radius 2 is 1.00 bits per heavy atom. The predicted octanol–water partition coefficient (Wildman–Crippen LogP) is 5.01. The van der Waals surface area contributed by atoms with Crippen LogP contribution in [0.15, 0.2) is 48.5 Å². The molecule has 1 aliphatic carbocycles. The summed E-state index contributed by atoms with van der Waals surface area (Å²) in [5.74, 6) is 0.643. The molecule has 140 valence electrons. The van der Waals surface area contributed by atoms with Gasteiger partial charge < -0.3 is 0 Å². The van der Waals surface area contributed by atoms with E-state index < -0.39 is 5.41 Å². The van der Waals surface area contributed by atoms with Crippen molar-refractivity contribution in [2.75, 3.05) is 10.0 Å². The first kappa shape index (κ1) is 17.8. The number of amides is 2. The largest absolute Gasteiger partial charge is 0.271 e. The van der Waals surface area contributed by atoms with Gasteiger partial charge in [0.25, 0.3) is 11.8 Å². The number of benzene rings is 2. The highest BCUT2D eigenvalue weighted by Crippen LogP contribution is 2.54. The third-order valence-corrected chi connectivity index (χ3v) is 5.76. The van der Waals surface area contributed by atoms with Gasteiger partial charge in [-0.2, -0.15) is 0 Å². The van der Waals surface area contributed by atoms with E-state index in [2.05, 4.69) is 27.7 Å². The molecule has 1 spiro atoms. The second-order valence-corrected chi connectivity index (χ2v) is 8.31. The van der Waals surface area contributed by atoms with Crippen LogP contribution in [0.5, 0.6) is 0 Å². The summed E-state index contributed by atoms with van der Waals surface area (Å²) in [7, 11) is 0. The fraction of sp³-hybridized carbons (Fsp3) is 0.391. The van der Waals surface area contributed by atoms with Crippen molar-refractivity contribution in [1.82, 2.24) is 0 Å². The van der Waals surface area contributed by atoms with E-state index in [-0.39, 0.29) is 11.8 Å². The van der Waals surface area contributed by atoms with E-state index in [9.17, 15) is 9.59 Å². The average Bonchev–Trinajstić information content (AvgIpc) is 3.43. The van der Waals surface area contributed by atoms with Crippen molar-refractivity contribution in [3.05, 3.63) is 59.7 Å². The molecule has 1 heterocycles. The molecule has 1 aliphatic heterocycles. The molecule has 0 unspecified atom stereocenters. The summed E-state index contributed by atoms with van der Waals surface area (Å²) < 4.78 is 0. The molecule has 27 heavy (non-hydrogen) atoms. The molecular weight excluding hydrogens is 336 g/mol. The first-order valence-electron chi connectivity index (χ1n) is 9.74. The molecule has 2 aliphatic rings. The molecule has 4 nitrogen and oxygen atoms in total. The number of carbonyl (C=O) groups excluding carboxylic acids is 2. The van der Waals surface area contributed by atoms with Crippen LogP contribution in [0.25, 0.3) is 0 Å². The topological polar surface area (TPSA) is 40.6 Å². The van der Waals surface area contributed by atoms with Crippen LogP contribution in [-0.2, 0) is 9.59 Å². The first-order valence-corrected chi connectivity index (χ1v) is 9.74. The SMILES string of the molecule is CC(C)c1ccc(N2C(=O)C3(CC3)C(=O)N2c2ccc(C(C)C)cc2)cc1. The molecule has 0 aromatic heterocycles. The van der Waals surface area contributed by atoms with Gasteiger partial charge in [-0.1, -0.05) is 52.0 Å². The monoisotopic (exact) mass is 362 g/mol. The van der Waals surface area contributed by atoms with Gasteiger partial charge in [0.2, 0.25) is 0 Å². The summed E-state index contributed by atoms with van der Waals surface area (Å²) in [4.78, 5) is 26.3. The van der Waals surface area contributed by atoms with Crippen LogP contribution in [-0.4, -0.2) is 11.8 Å². The maximum absolute atomic E-state index is 13.1. The summed E-state index contributed by atoms with van der Waals surface area (Å²) in [6, 6.07) is 15.9. The molecule has 4 rings (SSSR count). The van der Waals surface area contributed by atoms with Crippen LogP contribution in [0.4, 0.5) is 11.4 Å². The minimum atomic E-state index is -0.840. The minimum Gasteiger partial charge on any atom is -0.271 e. The van der Waals surface area contributed by atoms with Crippen LogP contribution in [0.2, 0.25) is 0 Å². The zero-order chi connectivity index (χ0) is 19.3. The molecule has 0 bridgehead atoms. The van der Waals surface area contributed by atoms with Crippen LogP contribution >= 0.6 is 0 Å². The molecule has 2 amide bonds. The molecule has 1 saturated heterocycles. The Labute approximate surface area is 160 Å². The number of hydrogen-bond acceptors (Lipinski definition) is 2. The zero-order valence-corrected chi connectivity index (χ0v) is 16.4. The highest BCUT2D eigenvalue weighted by Gasteiger charge is 2.66. The third-order valence-electron chi connectivity index (χ3n) is 5.76. The second kappa shape index (κ2) is 6.22. The van der Waals surface area contributed by atoms with Crippen LogP contribution in [0.1, 0.15) is 63.5 Å². The number of nitrogens with zero attached hydrogens (tertiary/aromatic N) is 2. The molecule has 4 heteroatoms. The van der Waals surface area contributed by atoms with E-state index in [4.69, 9.17) is 0 Å².